The van der Waals surface area contributed by atoms with Crippen LogP contribution >= 0.6 is 0 Å². The fraction of sp³-hybridized carbons (Fsp3) is 1.00. The minimum Gasteiger partial charge on any atom is -0.379 e. The van der Waals surface area contributed by atoms with Crippen LogP contribution in [0.2, 0.25) is 0 Å². The van der Waals surface area contributed by atoms with Crippen molar-refractivity contribution in [2.24, 2.45) is 0 Å². The predicted octanol–water partition coefficient (Wildman–Crippen LogP) is 11.3. The molecule has 0 atom stereocenters. The fourth-order valence-corrected chi connectivity index (χ4v) is 6.53. The normalized spacial score (nSPS) is 11.7. The standard InChI is InChI=1S/C48H98O10/c1-3-5-7-9-11-13-15-17-19-21-23-25-27-29-49-31-33-51-35-37-53-39-41-55-43-45-57-47-48-58-46-44-56-42-40-54-38-36-52-34-32-50-30-28-26-24-22-20-18-16-14-12-10-8-6-4-2/h3-48H2,1-2H3. The molecule has 0 heterocycles. The Morgan fingerprint density at radius 1 is 0.138 bits per heavy atom. The van der Waals surface area contributed by atoms with Gasteiger partial charge in [-0.15, -0.1) is 0 Å². The Hall–Kier alpha value is -0.400. The van der Waals surface area contributed by atoms with E-state index in [1.54, 1.807) is 0 Å². The van der Waals surface area contributed by atoms with Crippen LogP contribution in [-0.2, 0) is 47.4 Å². The smallest absolute Gasteiger partial charge is 0.0701 e. The van der Waals surface area contributed by atoms with Crippen LogP contribution in [0, 0.1) is 0 Å². The van der Waals surface area contributed by atoms with E-state index in [-0.39, 0.29) is 0 Å². The Bertz CT molecular complexity index is 633. The molecule has 350 valence electrons. The number of hydrogen-bond donors (Lipinski definition) is 0. The molecular formula is C48H98O10. The molecule has 0 amide bonds. The molecule has 0 radical (unpaired) electrons. The third-order valence-electron chi connectivity index (χ3n) is 10.1. The zero-order valence-electron chi connectivity index (χ0n) is 38.6. The van der Waals surface area contributed by atoms with Gasteiger partial charge in [-0.3, -0.25) is 0 Å². The van der Waals surface area contributed by atoms with Gasteiger partial charge in [0.2, 0.25) is 0 Å². The molecule has 0 rings (SSSR count). The molecular weight excluding hydrogens is 737 g/mol. The number of hydrogen-bond acceptors (Lipinski definition) is 10. The first kappa shape index (κ1) is 57.6. The van der Waals surface area contributed by atoms with Crippen molar-refractivity contribution < 1.29 is 47.4 Å². The van der Waals surface area contributed by atoms with Gasteiger partial charge in [-0.1, -0.05) is 168 Å². The first-order valence-electron chi connectivity index (χ1n) is 24.7. The second-order valence-corrected chi connectivity index (χ2v) is 15.6. The highest BCUT2D eigenvalue weighted by Gasteiger charge is 1.99. The lowest BCUT2D eigenvalue weighted by Crippen LogP contribution is -2.15. The Kier molecular flexibility index (Phi) is 56.2. The predicted molar refractivity (Wildman–Crippen MR) is 240 cm³/mol. The van der Waals surface area contributed by atoms with Gasteiger partial charge in [0.1, 0.15) is 0 Å². The maximum Gasteiger partial charge on any atom is 0.0701 e. The molecule has 0 N–H and O–H groups in total. The van der Waals surface area contributed by atoms with Crippen LogP contribution in [0.5, 0.6) is 0 Å². The Balaban J connectivity index is 3.05. The number of rotatable bonds is 55. The van der Waals surface area contributed by atoms with Crippen molar-refractivity contribution in [2.75, 3.05) is 132 Å². The van der Waals surface area contributed by atoms with Gasteiger partial charge in [-0.25, -0.2) is 0 Å². The third-order valence-corrected chi connectivity index (χ3v) is 10.1. The Morgan fingerprint density at radius 3 is 0.414 bits per heavy atom. The van der Waals surface area contributed by atoms with Crippen molar-refractivity contribution in [1.29, 1.82) is 0 Å². The fourth-order valence-electron chi connectivity index (χ4n) is 6.53. The van der Waals surface area contributed by atoms with Crippen molar-refractivity contribution in [3.8, 4) is 0 Å². The molecule has 0 unspecified atom stereocenters. The minimum absolute atomic E-state index is 0.536. The van der Waals surface area contributed by atoms with Gasteiger partial charge in [0, 0.05) is 13.2 Å². The van der Waals surface area contributed by atoms with E-state index in [4.69, 9.17) is 47.4 Å². The molecule has 0 bridgehead atoms. The zero-order valence-corrected chi connectivity index (χ0v) is 38.6. The molecule has 0 aliphatic rings. The maximum atomic E-state index is 5.69. The van der Waals surface area contributed by atoms with Gasteiger partial charge in [0.25, 0.3) is 0 Å². The monoisotopic (exact) mass is 835 g/mol. The molecule has 0 aliphatic carbocycles. The van der Waals surface area contributed by atoms with Crippen LogP contribution in [0.1, 0.15) is 181 Å². The van der Waals surface area contributed by atoms with Gasteiger partial charge in [0.15, 0.2) is 0 Å². The lowest BCUT2D eigenvalue weighted by atomic mass is 10.0. The second kappa shape index (κ2) is 56.6. The largest absolute Gasteiger partial charge is 0.379 e. The molecule has 0 saturated heterocycles. The maximum absolute atomic E-state index is 5.69. The highest BCUT2D eigenvalue weighted by atomic mass is 16.6. The molecule has 10 heteroatoms. The first-order valence-corrected chi connectivity index (χ1v) is 24.7. The summed E-state index contributed by atoms with van der Waals surface area (Å²) in [6, 6.07) is 0. The Labute approximate surface area is 359 Å². The molecule has 58 heavy (non-hydrogen) atoms. The number of unbranched alkanes of at least 4 members (excludes halogenated alkanes) is 24. The van der Waals surface area contributed by atoms with Gasteiger partial charge in [0.05, 0.1) is 119 Å². The highest BCUT2D eigenvalue weighted by Crippen LogP contribution is 2.14. The van der Waals surface area contributed by atoms with Crippen molar-refractivity contribution >= 4 is 0 Å². The third kappa shape index (κ3) is 55.6. The number of ether oxygens (including phenoxy) is 10. The molecule has 0 saturated carbocycles. The summed E-state index contributed by atoms with van der Waals surface area (Å²) in [5, 5.41) is 0. The van der Waals surface area contributed by atoms with Crippen molar-refractivity contribution in [1.82, 2.24) is 0 Å². The summed E-state index contributed by atoms with van der Waals surface area (Å²) in [5.41, 5.74) is 0. The molecule has 0 aromatic carbocycles. The summed E-state index contributed by atoms with van der Waals surface area (Å²) in [5.74, 6) is 0. The van der Waals surface area contributed by atoms with Crippen LogP contribution < -0.4 is 0 Å². The van der Waals surface area contributed by atoms with E-state index in [0.29, 0.717) is 119 Å². The van der Waals surface area contributed by atoms with Crippen LogP contribution in [0.4, 0.5) is 0 Å². The van der Waals surface area contributed by atoms with Gasteiger partial charge in [-0.05, 0) is 12.8 Å². The minimum atomic E-state index is 0.536. The van der Waals surface area contributed by atoms with E-state index in [0.717, 1.165) is 26.1 Å². The molecule has 0 fully saturated rings. The van der Waals surface area contributed by atoms with E-state index < -0.39 is 0 Å². The molecule has 0 aliphatic heterocycles. The zero-order chi connectivity index (χ0) is 41.6. The van der Waals surface area contributed by atoms with Gasteiger partial charge in [-0.2, -0.15) is 0 Å². The van der Waals surface area contributed by atoms with E-state index >= 15 is 0 Å². The average molecular weight is 835 g/mol. The second-order valence-electron chi connectivity index (χ2n) is 15.6. The van der Waals surface area contributed by atoms with Crippen molar-refractivity contribution in [3.63, 3.8) is 0 Å². The summed E-state index contributed by atoms with van der Waals surface area (Å²) in [6.07, 6.45) is 35.7. The first-order chi connectivity index (χ1) is 28.9. The van der Waals surface area contributed by atoms with Crippen LogP contribution in [0.25, 0.3) is 0 Å². The van der Waals surface area contributed by atoms with Crippen LogP contribution in [-0.4, -0.2) is 132 Å². The topological polar surface area (TPSA) is 92.3 Å². The van der Waals surface area contributed by atoms with E-state index in [1.807, 2.05) is 0 Å². The summed E-state index contributed by atoms with van der Waals surface area (Å²) in [4.78, 5) is 0. The molecule has 10 nitrogen and oxygen atoms in total. The quantitative estimate of drug-likeness (QED) is 0.0552. The lowest BCUT2D eigenvalue weighted by molar-refractivity contribution is -0.0264. The van der Waals surface area contributed by atoms with E-state index in [2.05, 4.69) is 13.8 Å². The molecule has 0 aromatic heterocycles. The van der Waals surface area contributed by atoms with Crippen molar-refractivity contribution in [3.05, 3.63) is 0 Å². The van der Waals surface area contributed by atoms with E-state index in [9.17, 15) is 0 Å². The summed E-state index contributed by atoms with van der Waals surface area (Å²) in [7, 11) is 0. The van der Waals surface area contributed by atoms with E-state index in [1.165, 1.54) is 154 Å². The van der Waals surface area contributed by atoms with Crippen molar-refractivity contribution in [2.45, 2.75) is 181 Å². The van der Waals surface area contributed by atoms with Crippen LogP contribution in [0.15, 0.2) is 0 Å². The average Bonchev–Trinajstić information content (AvgIpc) is 3.23. The van der Waals surface area contributed by atoms with Gasteiger partial charge < -0.3 is 47.4 Å². The van der Waals surface area contributed by atoms with Crippen LogP contribution in [0.3, 0.4) is 0 Å². The molecule has 0 aromatic rings. The lowest BCUT2D eigenvalue weighted by Gasteiger charge is -2.09. The van der Waals surface area contributed by atoms with Gasteiger partial charge >= 0.3 is 0 Å². The summed E-state index contributed by atoms with van der Waals surface area (Å²) >= 11 is 0. The summed E-state index contributed by atoms with van der Waals surface area (Å²) in [6.45, 7) is 16.5. The Morgan fingerprint density at radius 2 is 0.259 bits per heavy atom. The highest BCUT2D eigenvalue weighted by molar-refractivity contribution is 4.51. The summed E-state index contributed by atoms with van der Waals surface area (Å²) < 4.78 is 55.8. The SMILES string of the molecule is CCCCCCCCCCCCCCCOCCOCCOCCOCCOCCOCCOCCOCCOCCOCCCCCCCCCCCCCCC. The molecule has 0 spiro atoms.